The van der Waals surface area contributed by atoms with Crippen molar-refractivity contribution in [1.82, 2.24) is 0 Å². The molecule has 1 rings (SSSR count). The highest BCUT2D eigenvalue weighted by Gasteiger charge is 2.08. The Morgan fingerprint density at radius 3 is 2.41 bits per heavy atom. The summed E-state index contributed by atoms with van der Waals surface area (Å²) in [5, 5.41) is -0.229. The molecule has 0 fully saturated rings. The molecule has 0 amide bonds. The van der Waals surface area contributed by atoms with Gasteiger partial charge in [0.1, 0.15) is 0 Å². The van der Waals surface area contributed by atoms with Gasteiger partial charge in [-0.15, -0.1) is 12.6 Å². The van der Waals surface area contributed by atoms with Gasteiger partial charge >= 0.3 is 0 Å². The zero-order chi connectivity index (χ0) is 12.8. The second-order valence-corrected chi connectivity index (χ2v) is 4.84. The Labute approximate surface area is 108 Å². The van der Waals surface area contributed by atoms with E-state index in [-0.39, 0.29) is 5.12 Å². The smallest absolute Gasteiger partial charge is 0.202 e. The lowest BCUT2D eigenvalue weighted by Crippen LogP contribution is -2.26. The average molecular weight is 252 g/mol. The van der Waals surface area contributed by atoms with E-state index in [1.165, 1.54) is 11.3 Å². The van der Waals surface area contributed by atoms with Crippen molar-refractivity contribution in [2.24, 2.45) is 5.73 Å². The molecule has 1 aromatic carbocycles. The Balaban J connectivity index is 2.40. The number of rotatable bonds is 6. The second-order valence-electron chi connectivity index (χ2n) is 4.40. The first-order valence-corrected chi connectivity index (χ1v) is 6.20. The fourth-order valence-electron chi connectivity index (χ4n) is 1.61. The summed E-state index contributed by atoms with van der Waals surface area (Å²) in [6.45, 7) is 0. The van der Waals surface area contributed by atoms with Gasteiger partial charge in [0.25, 0.3) is 0 Å². The number of carbonyl (C=O) groups excluding carboxylic acids is 1. The van der Waals surface area contributed by atoms with Crippen LogP contribution in [0.3, 0.4) is 0 Å². The van der Waals surface area contributed by atoms with Gasteiger partial charge in [0, 0.05) is 19.8 Å². The van der Waals surface area contributed by atoms with E-state index in [1.807, 2.05) is 14.1 Å². The molecule has 0 radical (unpaired) electrons. The average Bonchev–Trinajstić information content (AvgIpc) is 2.29. The Morgan fingerprint density at radius 1 is 1.35 bits per heavy atom. The number of nitrogens with two attached hydrogens (primary N) is 1. The zero-order valence-electron chi connectivity index (χ0n) is 10.4. The topological polar surface area (TPSA) is 46.3 Å². The van der Waals surface area contributed by atoms with Crippen molar-refractivity contribution in [3.63, 3.8) is 0 Å². The zero-order valence-corrected chi connectivity index (χ0v) is 11.3. The minimum absolute atomic E-state index is 0.229. The molecule has 1 atom stereocenters. The summed E-state index contributed by atoms with van der Waals surface area (Å²) in [5.41, 5.74) is 8.08. The summed E-state index contributed by atoms with van der Waals surface area (Å²) in [5.74, 6) is 0. The van der Waals surface area contributed by atoms with Gasteiger partial charge in [0.05, 0.1) is 6.04 Å². The third-order valence-corrected chi connectivity index (χ3v) is 3.08. The van der Waals surface area contributed by atoms with Crippen molar-refractivity contribution < 1.29 is 4.79 Å². The van der Waals surface area contributed by atoms with Crippen LogP contribution in [0.1, 0.15) is 18.4 Å². The Kier molecular flexibility index (Phi) is 5.51. The maximum Gasteiger partial charge on any atom is 0.202 e. The van der Waals surface area contributed by atoms with Crippen LogP contribution in [0.5, 0.6) is 0 Å². The SMILES string of the molecule is CN(C)c1ccc(CCC[C@H](N)C(=O)S)cc1. The number of hydrogen-bond donors (Lipinski definition) is 2. The molecule has 0 saturated carbocycles. The summed E-state index contributed by atoms with van der Waals surface area (Å²) in [6, 6.07) is 7.99. The molecule has 0 unspecified atom stereocenters. The molecule has 94 valence electrons. The molecule has 0 bridgehead atoms. The molecule has 0 spiro atoms. The molecule has 0 aliphatic heterocycles. The van der Waals surface area contributed by atoms with Gasteiger partial charge in [-0.1, -0.05) is 12.1 Å². The summed E-state index contributed by atoms with van der Waals surface area (Å²) >= 11 is 3.72. The summed E-state index contributed by atoms with van der Waals surface area (Å²) < 4.78 is 0. The predicted octanol–water partition coefficient (Wildman–Crippen LogP) is 1.86. The van der Waals surface area contributed by atoms with Crippen molar-refractivity contribution in [3.05, 3.63) is 29.8 Å². The van der Waals surface area contributed by atoms with E-state index in [9.17, 15) is 4.79 Å². The first-order valence-electron chi connectivity index (χ1n) is 5.75. The maximum absolute atomic E-state index is 10.8. The van der Waals surface area contributed by atoms with Crippen LogP contribution in [0.15, 0.2) is 24.3 Å². The van der Waals surface area contributed by atoms with E-state index in [0.29, 0.717) is 6.42 Å². The lowest BCUT2D eigenvalue weighted by Gasteiger charge is -2.12. The molecular formula is C13H20N2OS. The van der Waals surface area contributed by atoms with E-state index in [2.05, 4.69) is 41.8 Å². The fraction of sp³-hybridized carbons (Fsp3) is 0.462. The van der Waals surface area contributed by atoms with Gasteiger partial charge in [0.2, 0.25) is 5.12 Å². The molecule has 1 aromatic rings. The minimum Gasteiger partial charge on any atom is -0.378 e. The molecular weight excluding hydrogens is 232 g/mol. The van der Waals surface area contributed by atoms with Crippen LogP contribution in [0, 0.1) is 0 Å². The van der Waals surface area contributed by atoms with E-state index >= 15 is 0 Å². The van der Waals surface area contributed by atoms with Crippen LogP contribution >= 0.6 is 12.6 Å². The molecule has 2 N–H and O–H groups in total. The molecule has 3 nitrogen and oxygen atoms in total. The third kappa shape index (κ3) is 4.79. The van der Waals surface area contributed by atoms with Crippen LogP contribution in [-0.4, -0.2) is 25.3 Å². The number of hydrogen-bond acceptors (Lipinski definition) is 3. The second kappa shape index (κ2) is 6.67. The number of benzene rings is 1. The molecule has 17 heavy (non-hydrogen) atoms. The number of anilines is 1. The highest BCUT2D eigenvalue weighted by Crippen LogP contribution is 2.14. The Hall–Kier alpha value is -1.00. The van der Waals surface area contributed by atoms with Crippen LogP contribution in [-0.2, 0) is 11.2 Å². The van der Waals surface area contributed by atoms with Gasteiger partial charge in [-0.25, -0.2) is 0 Å². The number of aryl methyl sites for hydroxylation is 1. The van der Waals surface area contributed by atoms with Gasteiger partial charge in [-0.2, -0.15) is 0 Å². The molecule has 0 aliphatic rings. The Morgan fingerprint density at radius 2 is 1.94 bits per heavy atom. The quantitative estimate of drug-likeness (QED) is 0.760. The maximum atomic E-state index is 10.8. The van der Waals surface area contributed by atoms with Gasteiger partial charge < -0.3 is 10.6 Å². The third-order valence-electron chi connectivity index (χ3n) is 2.75. The summed E-state index contributed by atoms with van der Waals surface area (Å²) in [6.07, 6.45) is 2.55. The van der Waals surface area contributed by atoms with Crippen molar-refractivity contribution in [2.75, 3.05) is 19.0 Å². The number of nitrogens with zero attached hydrogens (tertiary/aromatic N) is 1. The van der Waals surface area contributed by atoms with E-state index in [1.54, 1.807) is 0 Å². The van der Waals surface area contributed by atoms with Crippen molar-refractivity contribution in [3.8, 4) is 0 Å². The number of carbonyl (C=O) groups is 1. The highest BCUT2D eigenvalue weighted by molar-refractivity contribution is 7.96. The first kappa shape index (κ1) is 14.1. The normalized spacial score (nSPS) is 12.2. The standard InChI is InChI=1S/C13H20N2OS/c1-15(2)11-8-6-10(7-9-11)4-3-5-12(14)13(16)17/h6-9,12H,3-5,14H2,1-2H3,(H,16,17)/t12-/m0/s1. The van der Waals surface area contributed by atoms with Crippen LogP contribution in [0.4, 0.5) is 5.69 Å². The Bertz CT molecular complexity index is 362. The lowest BCUT2D eigenvalue weighted by molar-refractivity contribution is -0.112. The molecule has 0 saturated heterocycles. The van der Waals surface area contributed by atoms with Gasteiger partial charge in [-0.3, -0.25) is 4.79 Å². The van der Waals surface area contributed by atoms with Crippen molar-refractivity contribution in [2.45, 2.75) is 25.3 Å². The minimum atomic E-state index is -0.431. The van der Waals surface area contributed by atoms with Gasteiger partial charge in [-0.05, 0) is 37.0 Å². The predicted molar refractivity (Wildman–Crippen MR) is 75.7 cm³/mol. The molecule has 0 heterocycles. The van der Waals surface area contributed by atoms with Crippen LogP contribution in [0.2, 0.25) is 0 Å². The van der Waals surface area contributed by atoms with E-state index in [0.717, 1.165) is 12.8 Å². The number of thiol groups is 1. The largest absolute Gasteiger partial charge is 0.378 e. The summed E-state index contributed by atoms with van der Waals surface area (Å²) in [7, 11) is 4.04. The fourth-order valence-corrected chi connectivity index (χ4v) is 1.74. The van der Waals surface area contributed by atoms with Gasteiger partial charge in [0.15, 0.2) is 0 Å². The molecule has 0 aromatic heterocycles. The monoisotopic (exact) mass is 252 g/mol. The molecule has 0 aliphatic carbocycles. The molecule has 4 heteroatoms. The van der Waals surface area contributed by atoms with E-state index in [4.69, 9.17) is 5.73 Å². The van der Waals surface area contributed by atoms with Crippen molar-refractivity contribution >= 4 is 23.4 Å². The highest BCUT2D eigenvalue weighted by atomic mass is 32.1. The van der Waals surface area contributed by atoms with Crippen LogP contribution in [0.25, 0.3) is 0 Å². The summed E-state index contributed by atoms with van der Waals surface area (Å²) in [4.78, 5) is 12.9. The lowest BCUT2D eigenvalue weighted by atomic mass is 10.1. The van der Waals surface area contributed by atoms with Crippen LogP contribution < -0.4 is 10.6 Å². The van der Waals surface area contributed by atoms with E-state index < -0.39 is 6.04 Å². The van der Waals surface area contributed by atoms with Crippen molar-refractivity contribution in [1.29, 1.82) is 0 Å². The first-order chi connectivity index (χ1) is 8.00.